The minimum atomic E-state index is -0.0229. The molecular weight excluding hydrogens is 460 g/mol. The van der Waals surface area contributed by atoms with Crippen molar-refractivity contribution in [1.82, 2.24) is 15.2 Å². The van der Waals surface area contributed by atoms with E-state index < -0.39 is 0 Å². The fourth-order valence-corrected chi connectivity index (χ4v) is 6.33. The van der Waals surface area contributed by atoms with Gasteiger partial charge in [0.25, 0.3) is 11.1 Å². The van der Waals surface area contributed by atoms with Crippen LogP contribution in [0.2, 0.25) is 0 Å². The van der Waals surface area contributed by atoms with Crippen LogP contribution in [0.4, 0.5) is 5.69 Å². The first-order valence-corrected chi connectivity index (χ1v) is 12.9. The summed E-state index contributed by atoms with van der Waals surface area (Å²) in [5.41, 5.74) is 2.95. The van der Waals surface area contributed by atoms with Crippen molar-refractivity contribution in [2.24, 2.45) is 0 Å². The van der Waals surface area contributed by atoms with Gasteiger partial charge < -0.3 is 9.32 Å². The number of aromatic nitrogens is 3. The number of carbonyl (C=O) groups excluding carboxylic acids is 1. The largest absolute Gasteiger partial charge is 0.410 e. The molecule has 9 heteroatoms. The Bertz CT molecular complexity index is 1260. The van der Waals surface area contributed by atoms with Crippen molar-refractivity contribution in [1.29, 1.82) is 0 Å². The Kier molecular flexibility index (Phi) is 6.03. The summed E-state index contributed by atoms with van der Waals surface area (Å²) in [6.07, 6.45) is 0. The number of hydrogen-bond acceptors (Lipinski definition) is 8. The van der Waals surface area contributed by atoms with E-state index in [4.69, 9.17) is 4.42 Å². The third-order valence-electron chi connectivity index (χ3n) is 5.11. The second-order valence-corrected chi connectivity index (χ2v) is 10.5. The second-order valence-electron chi connectivity index (χ2n) is 7.28. The highest BCUT2D eigenvalue weighted by atomic mass is 32.2. The highest BCUT2D eigenvalue weighted by molar-refractivity contribution is 8.00. The minimum absolute atomic E-state index is 0.0150. The first-order valence-electron chi connectivity index (χ1n) is 10.1. The fraction of sp³-hybridized carbons (Fsp3) is 0.217. The number of hydrogen-bond donors (Lipinski definition) is 0. The first-order chi connectivity index (χ1) is 15.6. The third kappa shape index (κ3) is 4.20. The van der Waals surface area contributed by atoms with Crippen molar-refractivity contribution < 1.29 is 9.21 Å². The standard InChI is InChI=1S/C23H20N4O2S3/c1-14-21(32-15(2)24-14)22-25-26-23(29-22)31-13-20(28)27-17-10-6-7-11-19(17)30-12-18(27)16-8-4-3-5-9-16/h3-11,18H,12-13H2,1-2H3. The van der Waals surface area contributed by atoms with Crippen LogP contribution in [0.5, 0.6) is 0 Å². The molecule has 0 saturated carbocycles. The molecule has 0 N–H and O–H groups in total. The van der Waals surface area contributed by atoms with Crippen molar-refractivity contribution in [2.75, 3.05) is 16.4 Å². The molecule has 1 aliphatic heterocycles. The van der Waals surface area contributed by atoms with E-state index in [1.165, 1.54) is 23.1 Å². The molecule has 0 fully saturated rings. The van der Waals surface area contributed by atoms with Crippen molar-refractivity contribution in [3.8, 4) is 10.8 Å². The van der Waals surface area contributed by atoms with Gasteiger partial charge in [-0.05, 0) is 31.5 Å². The minimum Gasteiger partial charge on any atom is -0.410 e. The zero-order valence-electron chi connectivity index (χ0n) is 17.5. The smallest absolute Gasteiger partial charge is 0.277 e. The fourth-order valence-electron chi connectivity index (χ4n) is 3.70. The van der Waals surface area contributed by atoms with Gasteiger partial charge in [-0.15, -0.1) is 33.3 Å². The van der Waals surface area contributed by atoms with E-state index in [1.54, 1.807) is 11.8 Å². The molecule has 1 aliphatic rings. The summed E-state index contributed by atoms with van der Waals surface area (Å²) in [6, 6.07) is 18.2. The maximum Gasteiger partial charge on any atom is 0.277 e. The van der Waals surface area contributed by atoms with Crippen molar-refractivity contribution >= 4 is 46.5 Å². The molecule has 0 radical (unpaired) electrons. The zero-order chi connectivity index (χ0) is 22.1. The normalized spacial score (nSPS) is 15.6. The Morgan fingerprint density at radius 2 is 1.91 bits per heavy atom. The van der Waals surface area contributed by atoms with E-state index in [9.17, 15) is 4.79 Å². The van der Waals surface area contributed by atoms with Crippen molar-refractivity contribution in [3.05, 3.63) is 70.9 Å². The van der Waals surface area contributed by atoms with Crippen LogP contribution in [0, 0.1) is 13.8 Å². The number of fused-ring (bicyclic) bond motifs is 1. The molecule has 6 nitrogen and oxygen atoms in total. The van der Waals surface area contributed by atoms with Gasteiger partial charge in [-0.3, -0.25) is 4.79 Å². The second kappa shape index (κ2) is 9.09. The molecule has 4 aromatic rings. The highest BCUT2D eigenvalue weighted by Crippen LogP contribution is 2.43. The monoisotopic (exact) mass is 480 g/mol. The quantitative estimate of drug-likeness (QED) is 0.335. The van der Waals surface area contributed by atoms with E-state index in [-0.39, 0.29) is 17.7 Å². The van der Waals surface area contributed by atoms with E-state index in [0.717, 1.165) is 37.5 Å². The van der Waals surface area contributed by atoms with Gasteiger partial charge in [0.15, 0.2) is 0 Å². The average Bonchev–Trinajstić information content (AvgIpc) is 3.42. The van der Waals surface area contributed by atoms with Gasteiger partial charge in [-0.2, -0.15) is 0 Å². The summed E-state index contributed by atoms with van der Waals surface area (Å²) in [5.74, 6) is 1.49. The maximum absolute atomic E-state index is 13.5. The number of para-hydroxylation sites is 1. The predicted octanol–water partition coefficient (Wildman–Crippen LogP) is 5.78. The van der Waals surface area contributed by atoms with Crippen molar-refractivity contribution in [2.45, 2.75) is 30.0 Å². The summed E-state index contributed by atoms with van der Waals surface area (Å²) in [4.78, 5) is 21.8. The number of thiazole rings is 1. The molecule has 162 valence electrons. The summed E-state index contributed by atoms with van der Waals surface area (Å²) in [6.45, 7) is 3.87. The Morgan fingerprint density at radius 3 is 2.69 bits per heavy atom. The molecule has 3 heterocycles. The Labute approximate surface area is 198 Å². The van der Waals surface area contributed by atoms with Crippen LogP contribution in [-0.2, 0) is 4.79 Å². The number of nitrogens with zero attached hydrogens (tertiary/aromatic N) is 4. The number of carbonyl (C=O) groups is 1. The van der Waals surface area contributed by atoms with Gasteiger partial charge >= 0.3 is 0 Å². The molecule has 1 atom stereocenters. The van der Waals surface area contributed by atoms with E-state index >= 15 is 0 Å². The maximum atomic E-state index is 13.5. The van der Waals surface area contributed by atoms with E-state index in [2.05, 4.69) is 33.4 Å². The van der Waals surface area contributed by atoms with Crippen LogP contribution in [0.15, 0.2) is 69.1 Å². The van der Waals surface area contributed by atoms with E-state index in [0.29, 0.717) is 11.1 Å². The number of aryl methyl sites for hydroxylation is 2. The van der Waals surface area contributed by atoms with Gasteiger partial charge in [-0.25, -0.2) is 4.98 Å². The molecule has 1 amide bonds. The number of rotatable bonds is 5. The third-order valence-corrected chi connectivity index (χ3v) is 8.11. The summed E-state index contributed by atoms with van der Waals surface area (Å²) in [5, 5.41) is 9.62. The van der Waals surface area contributed by atoms with Crippen LogP contribution in [0.25, 0.3) is 10.8 Å². The molecule has 0 spiro atoms. The molecule has 2 aromatic heterocycles. The van der Waals surface area contributed by atoms with Gasteiger partial charge in [-0.1, -0.05) is 54.2 Å². The lowest BCUT2D eigenvalue weighted by Crippen LogP contribution is -2.39. The predicted molar refractivity (Wildman–Crippen MR) is 129 cm³/mol. The number of amides is 1. The number of anilines is 1. The van der Waals surface area contributed by atoms with Gasteiger partial charge in [0, 0.05) is 10.6 Å². The van der Waals surface area contributed by atoms with Gasteiger partial charge in [0.05, 0.1) is 28.2 Å². The van der Waals surface area contributed by atoms with Gasteiger partial charge in [0.2, 0.25) is 5.91 Å². The van der Waals surface area contributed by atoms with Crippen LogP contribution in [0.3, 0.4) is 0 Å². The van der Waals surface area contributed by atoms with Crippen molar-refractivity contribution in [3.63, 3.8) is 0 Å². The Balaban J connectivity index is 1.37. The average molecular weight is 481 g/mol. The van der Waals surface area contributed by atoms with Gasteiger partial charge in [0.1, 0.15) is 4.88 Å². The number of thioether (sulfide) groups is 2. The lowest BCUT2D eigenvalue weighted by molar-refractivity contribution is -0.116. The summed E-state index contributed by atoms with van der Waals surface area (Å²) in [7, 11) is 0. The lowest BCUT2D eigenvalue weighted by atomic mass is 10.1. The topological polar surface area (TPSA) is 72.1 Å². The molecule has 32 heavy (non-hydrogen) atoms. The molecule has 2 aromatic carbocycles. The zero-order valence-corrected chi connectivity index (χ0v) is 20.0. The SMILES string of the molecule is Cc1nc(C)c(-c2nnc(SCC(=O)N3c4ccccc4SCC3c3ccccc3)o2)s1. The van der Waals surface area contributed by atoms with Crippen LogP contribution in [0.1, 0.15) is 22.3 Å². The van der Waals surface area contributed by atoms with E-state index in [1.807, 2.05) is 55.1 Å². The Hall–Kier alpha value is -2.62. The Morgan fingerprint density at radius 1 is 1.12 bits per heavy atom. The summed E-state index contributed by atoms with van der Waals surface area (Å²) < 4.78 is 5.82. The van der Waals surface area contributed by atoms with Crippen LogP contribution in [-0.4, -0.2) is 32.6 Å². The molecule has 0 aliphatic carbocycles. The molecular formula is C23H20N4O2S3. The number of benzene rings is 2. The molecule has 0 saturated heterocycles. The molecule has 0 bridgehead atoms. The highest BCUT2D eigenvalue weighted by Gasteiger charge is 2.32. The lowest BCUT2D eigenvalue weighted by Gasteiger charge is -2.37. The molecule has 1 unspecified atom stereocenters. The first kappa shape index (κ1) is 21.2. The molecule has 5 rings (SSSR count). The summed E-state index contributed by atoms with van der Waals surface area (Å²) >= 11 is 4.58. The van der Waals surface area contributed by atoms with Crippen LogP contribution < -0.4 is 4.90 Å². The van der Waals surface area contributed by atoms with Crippen LogP contribution >= 0.6 is 34.9 Å².